The maximum Gasteiger partial charge on any atom is 0.151 e. The number of rotatable bonds is 5. The van der Waals surface area contributed by atoms with E-state index in [2.05, 4.69) is 5.32 Å². The average Bonchev–Trinajstić information content (AvgIpc) is 2.43. The van der Waals surface area contributed by atoms with E-state index in [1.54, 1.807) is 24.3 Å². The second kappa shape index (κ2) is 6.43. The number of anilines is 3. The van der Waals surface area contributed by atoms with E-state index in [1.807, 2.05) is 13.8 Å². The van der Waals surface area contributed by atoms with Crippen molar-refractivity contribution < 1.29 is 13.5 Å². The van der Waals surface area contributed by atoms with Crippen LogP contribution >= 0.6 is 0 Å². The highest BCUT2D eigenvalue weighted by Crippen LogP contribution is 2.27. The van der Waals surface area contributed by atoms with Gasteiger partial charge in [-0.05, 0) is 37.6 Å². The highest BCUT2D eigenvalue weighted by Gasteiger charge is 2.11. The monoisotopic (exact) mass is 292 g/mol. The Morgan fingerprint density at radius 1 is 1.19 bits per heavy atom. The van der Waals surface area contributed by atoms with E-state index in [0.717, 1.165) is 18.6 Å². The van der Waals surface area contributed by atoms with Crippen molar-refractivity contribution in [3.8, 4) is 5.75 Å². The maximum absolute atomic E-state index is 13.7. The Bertz CT molecular complexity index is 608. The minimum atomic E-state index is -0.735. The first-order valence-corrected chi connectivity index (χ1v) is 6.78. The van der Waals surface area contributed by atoms with Crippen LogP contribution in [0.15, 0.2) is 36.4 Å². The summed E-state index contributed by atoms with van der Waals surface area (Å²) in [6.07, 6.45) is 0.948. The lowest BCUT2D eigenvalue weighted by atomic mass is 10.2. The molecule has 1 atom stereocenters. The molecule has 0 amide bonds. The molecule has 0 aliphatic carbocycles. The van der Waals surface area contributed by atoms with Gasteiger partial charge >= 0.3 is 0 Å². The second-order valence-electron chi connectivity index (χ2n) is 4.85. The van der Waals surface area contributed by atoms with Crippen LogP contribution in [-0.2, 0) is 0 Å². The molecule has 3 nitrogen and oxygen atoms in total. The summed E-state index contributed by atoms with van der Waals surface area (Å²) in [5, 5.41) is 2.71. The van der Waals surface area contributed by atoms with E-state index in [0.29, 0.717) is 11.4 Å². The molecule has 112 valence electrons. The zero-order chi connectivity index (χ0) is 15.4. The zero-order valence-electron chi connectivity index (χ0n) is 12.0. The van der Waals surface area contributed by atoms with Gasteiger partial charge in [0.2, 0.25) is 0 Å². The average molecular weight is 292 g/mol. The van der Waals surface area contributed by atoms with Crippen LogP contribution in [0.5, 0.6) is 5.75 Å². The van der Waals surface area contributed by atoms with Gasteiger partial charge in [0.05, 0.1) is 6.10 Å². The lowest BCUT2D eigenvalue weighted by Crippen LogP contribution is -2.09. The largest absolute Gasteiger partial charge is 0.491 e. The zero-order valence-corrected chi connectivity index (χ0v) is 12.0. The van der Waals surface area contributed by atoms with Crippen LogP contribution in [-0.4, -0.2) is 6.10 Å². The van der Waals surface area contributed by atoms with E-state index in [9.17, 15) is 8.78 Å². The number of halogens is 2. The van der Waals surface area contributed by atoms with E-state index in [4.69, 9.17) is 10.5 Å². The lowest BCUT2D eigenvalue weighted by Gasteiger charge is -2.14. The van der Waals surface area contributed by atoms with E-state index < -0.39 is 11.6 Å². The first-order valence-electron chi connectivity index (χ1n) is 6.78. The molecule has 0 saturated carbocycles. The number of benzene rings is 2. The first-order chi connectivity index (χ1) is 9.99. The quantitative estimate of drug-likeness (QED) is 0.799. The number of nitrogen functional groups attached to an aromatic ring is 1. The number of hydrogen-bond acceptors (Lipinski definition) is 3. The van der Waals surface area contributed by atoms with Gasteiger partial charge in [0, 0.05) is 17.4 Å². The Hall–Kier alpha value is -2.30. The van der Waals surface area contributed by atoms with Gasteiger partial charge in [0.1, 0.15) is 11.4 Å². The number of ether oxygens (including phenoxy) is 1. The third-order valence-electron chi connectivity index (χ3n) is 3.08. The third-order valence-corrected chi connectivity index (χ3v) is 3.08. The Morgan fingerprint density at radius 2 is 1.86 bits per heavy atom. The molecular weight excluding hydrogens is 274 g/mol. The van der Waals surface area contributed by atoms with Crippen LogP contribution in [0.25, 0.3) is 0 Å². The van der Waals surface area contributed by atoms with Crippen molar-refractivity contribution in [1.29, 1.82) is 0 Å². The standard InChI is InChI=1S/C16H18F2N2O/c1-3-10(2)21-13-6-4-5-12(9-13)20-16-14(17)7-11(19)8-15(16)18/h4-10,20H,3,19H2,1-2H3. The predicted molar refractivity (Wildman–Crippen MR) is 80.9 cm³/mol. The van der Waals surface area contributed by atoms with Crippen LogP contribution < -0.4 is 15.8 Å². The molecule has 5 heteroatoms. The normalized spacial score (nSPS) is 12.0. The molecule has 0 bridgehead atoms. The van der Waals surface area contributed by atoms with Gasteiger partial charge in [-0.1, -0.05) is 13.0 Å². The molecular formula is C16H18F2N2O. The molecule has 0 aliphatic heterocycles. The van der Waals surface area contributed by atoms with Crippen LogP contribution in [0, 0.1) is 11.6 Å². The van der Waals surface area contributed by atoms with Gasteiger partial charge in [-0.15, -0.1) is 0 Å². The van der Waals surface area contributed by atoms with Gasteiger partial charge in [0.25, 0.3) is 0 Å². The van der Waals surface area contributed by atoms with E-state index >= 15 is 0 Å². The molecule has 0 radical (unpaired) electrons. The number of nitrogens with one attached hydrogen (secondary N) is 1. The van der Waals surface area contributed by atoms with Crippen molar-refractivity contribution in [2.45, 2.75) is 26.4 Å². The molecule has 0 heterocycles. The van der Waals surface area contributed by atoms with Crippen LogP contribution in [0.2, 0.25) is 0 Å². The SMILES string of the molecule is CCC(C)Oc1cccc(Nc2c(F)cc(N)cc2F)c1. The molecule has 2 aromatic carbocycles. The summed E-state index contributed by atoms with van der Waals surface area (Å²) in [5.74, 6) is -0.827. The minimum Gasteiger partial charge on any atom is -0.491 e. The van der Waals surface area contributed by atoms with Crippen molar-refractivity contribution in [3.05, 3.63) is 48.0 Å². The Labute approximate surface area is 122 Å². The van der Waals surface area contributed by atoms with Gasteiger partial charge in [-0.3, -0.25) is 0 Å². The van der Waals surface area contributed by atoms with Crippen molar-refractivity contribution in [2.24, 2.45) is 0 Å². The van der Waals surface area contributed by atoms with Crippen molar-refractivity contribution >= 4 is 17.1 Å². The minimum absolute atomic E-state index is 0.0457. The number of nitrogens with two attached hydrogens (primary N) is 1. The summed E-state index contributed by atoms with van der Waals surface area (Å²) >= 11 is 0. The molecule has 0 aromatic heterocycles. The van der Waals surface area contributed by atoms with E-state index in [1.165, 1.54) is 0 Å². The molecule has 0 fully saturated rings. The van der Waals surface area contributed by atoms with Gasteiger partial charge < -0.3 is 15.8 Å². The summed E-state index contributed by atoms with van der Waals surface area (Å²) in [4.78, 5) is 0. The highest BCUT2D eigenvalue weighted by atomic mass is 19.1. The molecule has 3 N–H and O–H groups in total. The molecule has 2 rings (SSSR count). The molecule has 0 spiro atoms. The first kappa shape index (κ1) is 15.1. The Morgan fingerprint density at radius 3 is 2.48 bits per heavy atom. The van der Waals surface area contributed by atoms with Crippen molar-refractivity contribution in [2.75, 3.05) is 11.1 Å². The summed E-state index contributed by atoms with van der Waals surface area (Å²) in [7, 11) is 0. The highest BCUT2D eigenvalue weighted by molar-refractivity contribution is 5.64. The van der Waals surface area contributed by atoms with Crippen LogP contribution in [0.4, 0.5) is 25.8 Å². The van der Waals surface area contributed by atoms with Crippen LogP contribution in [0.1, 0.15) is 20.3 Å². The topological polar surface area (TPSA) is 47.3 Å². The Kier molecular flexibility index (Phi) is 4.62. The summed E-state index contributed by atoms with van der Waals surface area (Å²) in [6.45, 7) is 3.98. The van der Waals surface area contributed by atoms with Crippen molar-refractivity contribution in [3.63, 3.8) is 0 Å². The predicted octanol–water partition coefficient (Wildman–Crippen LogP) is 4.47. The Balaban J connectivity index is 2.22. The third kappa shape index (κ3) is 3.84. The summed E-state index contributed by atoms with van der Waals surface area (Å²) < 4.78 is 33.2. The molecule has 1 unspecified atom stereocenters. The maximum atomic E-state index is 13.7. The summed E-state index contributed by atoms with van der Waals surface area (Å²) in [5.41, 5.74) is 5.74. The molecule has 21 heavy (non-hydrogen) atoms. The lowest BCUT2D eigenvalue weighted by molar-refractivity contribution is 0.217. The fourth-order valence-electron chi connectivity index (χ4n) is 1.82. The second-order valence-corrected chi connectivity index (χ2v) is 4.85. The number of hydrogen-bond donors (Lipinski definition) is 2. The van der Waals surface area contributed by atoms with Gasteiger partial charge in [0.15, 0.2) is 11.6 Å². The molecule has 2 aromatic rings. The fraction of sp³-hybridized carbons (Fsp3) is 0.250. The fourth-order valence-corrected chi connectivity index (χ4v) is 1.82. The van der Waals surface area contributed by atoms with Gasteiger partial charge in [-0.25, -0.2) is 8.78 Å². The van der Waals surface area contributed by atoms with E-state index in [-0.39, 0.29) is 17.5 Å². The van der Waals surface area contributed by atoms with Crippen molar-refractivity contribution in [1.82, 2.24) is 0 Å². The molecule has 0 saturated heterocycles. The van der Waals surface area contributed by atoms with Gasteiger partial charge in [-0.2, -0.15) is 0 Å². The molecule has 0 aliphatic rings. The summed E-state index contributed by atoms with van der Waals surface area (Å²) in [6, 6.07) is 9.11. The van der Waals surface area contributed by atoms with Crippen LogP contribution in [0.3, 0.4) is 0 Å². The smallest absolute Gasteiger partial charge is 0.151 e.